The Labute approximate surface area is 225 Å². The topological polar surface area (TPSA) is 105 Å². The Morgan fingerprint density at radius 3 is 2.28 bits per heavy atom. The number of H-pyrrole nitrogens is 1. The standard InChI is InChI=1S/C30H29N5O4/c36-28-26(31-20-32-29(28)37)18-34-19-27(35(30(34)38)25-11-12-25)24-9-7-22(8-10-24)2-1-21-3-5-23(6-4-21)17-33-13-15-39-16-14-33/h3-10,19-20,25,36H,11-18H2,(H,31,32,37). The molecule has 2 aliphatic rings. The summed E-state index contributed by atoms with van der Waals surface area (Å²) in [5.41, 5.74) is 4.15. The van der Waals surface area contributed by atoms with E-state index in [1.165, 1.54) is 16.5 Å². The molecule has 9 heteroatoms. The van der Waals surface area contributed by atoms with Gasteiger partial charge in [-0.1, -0.05) is 36.1 Å². The minimum absolute atomic E-state index is 0.0100. The average molecular weight is 524 g/mol. The number of rotatable bonds is 6. The Kier molecular flexibility index (Phi) is 6.88. The molecule has 198 valence electrons. The molecule has 0 bridgehead atoms. The second kappa shape index (κ2) is 10.8. The molecule has 1 aliphatic carbocycles. The van der Waals surface area contributed by atoms with Crippen LogP contribution < -0.4 is 11.2 Å². The lowest BCUT2D eigenvalue weighted by molar-refractivity contribution is 0.0342. The first kappa shape index (κ1) is 24.9. The van der Waals surface area contributed by atoms with Gasteiger partial charge in [0.15, 0.2) is 0 Å². The number of aromatic amines is 1. The fraction of sp³-hybridized carbons (Fsp3) is 0.300. The van der Waals surface area contributed by atoms with E-state index in [4.69, 9.17) is 4.74 Å². The number of imidazole rings is 1. The van der Waals surface area contributed by atoms with Crippen molar-refractivity contribution in [3.8, 4) is 28.8 Å². The zero-order valence-corrected chi connectivity index (χ0v) is 21.5. The van der Waals surface area contributed by atoms with Crippen molar-refractivity contribution in [1.29, 1.82) is 0 Å². The van der Waals surface area contributed by atoms with Gasteiger partial charge < -0.3 is 14.8 Å². The van der Waals surface area contributed by atoms with Crippen LogP contribution in [0, 0.1) is 11.8 Å². The number of benzene rings is 2. The monoisotopic (exact) mass is 523 g/mol. The van der Waals surface area contributed by atoms with Crippen molar-refractivity contribution in [3.05, 3.63) is 104 Å². The normalized spacial score (nSPS) is 15.6. The molecule has 2 aromatic heterocycles. The van der Waals surface area contributed by atoms with Gasteiger partial charge in [-0.2, -0.15) is 0 Å². The second-order valence-corrected chi connectivity index (χ2v) is 9.97. The van der Waals surface area contributed by atoms with Crippen LogP contribution in [0.5, 0.6) is 5.75 Å². The van der Waals surface area contributed by atoms with Crippen LogP contribution in [0.2, 0.25) is 0 Å². The number of nitrogens with one attached hydrogen (secondary N) is 1. The summed E-state index contributed by atoms with van der Waals surface area (Å²) >= 11 is 0. The molecule has 9 nitrogen and oxygen atoms in total. The van der Waals surface area contributed by atoms with Gasteiger partial charge >= 0.3 is 5.69 Å². The van der Waals surface area contributed by atoms with Crippen LogP contribution in [0.4, 0.5) is 0 Å². The SMILES string of the molecule is O=c1[nH]cnc(Cn2cc(-c3ccc(C#Cc4ccc(CN5CCOCC5)cc4)cc3)n(C3CC3)c2=O)c1O. The number of hydrogen-bond acceptors (Lipinski definition) is 6. The average Bonchev–Trinajstić information content (AvgIpc) is 3.75. The van der Waals surface area contributed by atoms with E-state index in [9.17, 15) is 14.7 Å². The van der Waals surface area contributed by atoms with Crippen molar-refractivity contribution in [1.82, 2.24) is 24.0 Å². The maximum absolute atomic E-state index is 13.2. The summed E-state index contributed by atoms with van der Waals surface area (Å²) in [6.07, 6.45) is 4.88. The third-order valence-corrected chi connectivity index (χ3v) is 7.12. The van der Waals surface area contributed by atoms with Gasteiger partial charge in [-0.25, -0.2) is 9.78 Å². The van der Waals surface area contributed by atoms with E-state index >= 15 is 0 Å². The maximum Gasteiger partial charge on any atom is 0.329 e. The van der Waals surface area contributed by atoms with E-state index in [0.717, 1.165) is 68.1 Å². The van der Waals surface area contributed by atoms with Crippen molar-refractivity contribution in [3.63, 3.8) is 0 Å². The van der Waals surface area contributed by atoms with Crippen LogP contribution >= 0.6 is 0 Å². The summed E-state index contributed by atoms with van der Waals surface area (Å²) in [6.45, 7) is 4.46. The van der Waals surface area contributed by atoms with Gasteiger partial charge in [0, 0.05) is 43.0 Å². The van der Waals surface area contributed by atoms with Crippen LogP contribution in [-0.4, -0.2) is 55.4 Å². The predicted octanol–water partition coefficient (Wildman–Crippen LogP) is 2.72. The van der Waals surface area contributed by atoms with Gasteiger partial charge in [0.1, 0.15) is 5.69 Å². The minimum Gasteiger partial charge on any atom is -0.502 e. The van der Waals surface area contributed by atoms with E-state index in [0.29, 0.717) is 0 Å². The smallest absolute Gasteiger partial charge is 0.329 e. The fourth-order valence-corrected chi connectivity index (χ4v) is 4.81. The summed E-state index contributed by atoms with van der Waals surface area (Å²) in [5, 5.41) is 10.1. The van der Waals surface area contributed by atoms with E-state index in [2.05, 4.69) is 51.0 Å². The molecule has 0 radical (unpaired) electrons. The Hall–Kier alpha value is -4.39. The highest BCUT2D eigenvalue weighted by atomic mass is 16.5. The van der Waals surface area contributed by atoms with Crippen molar-refractivity contribution in [2.24, 2.45) is 0 Å². The quantitative estimate of drug-likeness (QED) is 0.377. The molecule has 0 amide bonds. The first-order valence-electron chi connectivity index (χ1n) is 13.1. The molecule has 2 aromatic carbocycles. The molecule has 6 rings (SSSR count). The van der Waals surface area contributed by atoms with Crippen LogP contribution in [-0.2, 0) is 17.8 Å². The van der Waals surface area contributed by atoms with Crippen LogP contribution in [0.25, 0.3) is 11.3 Å². The third kappa shape index (κ3) is 5.58. The lowest BCUT2D eigenvalue weighted by Crippen LogP contribution is -2.35. The first-order chi connectivity index (χ1) is 19.0. The van der Waals surface area contributed by atoms with E-state index in [1.807, 2.05) is 24.3 Å². The minimum atomic E-state index is -0.629. The molecule has 2 N–H and O–H groups in total. The second-order valence-electron chi connectivity index (χ2n) is 9.97. The van der Waals surface area contributed by atoms with Crippen LogP contribution in [0.15, 0.2) is 70.6 Å². The Morgan fingerprint density at radius 2 is 1.62 bits per heavy atom. The summed E-state index contributed by atoms with van der Waals surface area (Å²) in [4.78, 5) is 33.7. The summed E-state index contributed by atoms with van der Waals surface area (Å²) in [5.74, 6) is 6.00. The van der Waals surface area contributed by atoms with Crippen LogP contribution in [0.3, 0.4) is 0 Å². The Balaban J connectivity index is 1.19. The van der Waals surface area contributed by atoms with Crippen molar-refractivity contribution in [2.45, 2.75) is 32.0 Å². The third-order valence-electron chi connectivity index (χ3n) is 7.12. The van der Waals surface area contributed by atoms with Crippen LogP contribution in [0.1, 0.15) is 41.3 Å². The molecule has 4 aromatic rings. The lowest BCUT2D eigenvalue weighted by atomic mass is 10.1. The van der Waals surface area contributed by atoms with Gasteiger partial charge in [-0.05, 0) is 48.2 Å². The largest absolute Gasteiger partial charge is 0.502 e. The highest BCUT2D eigenvalue weighted by molar-refractivity contribution is 5.61. The van der Waals surface area contributed by atoms with Gasteiger partial charge in [0.05, 0.1) is 31.8 Å². The highest BCUT2D eigenvalue weighted by Gasteiger charge is 2.29. The van der Waals surface area contributed by atoms with E-state index in [1.54, 1.807) is 10.8 Å². The number of nitrogens with zero attached hydrogens (tertiary/aromatic N) is 4. The fourth-order valence-electron chi connectivity index (χ4n) is 4.81. The zero-order chi connectivity index (χ0) is 26.8. The number of hydrogen-bond donors (Lipinski definition) is 2. The highest BCUT2D eigenvalue weighted by Crippen LogP contribution is 2.37. The molecule has 0 spiro atoms. The Morgan fingerprint density at radius 1 is 0.949 bits per heavy atom. The molecule has 0 unspecified atom stereocenters. The number of ether oxygens (including phenoxy) is 1. The van der Waals surface area contributed by atoms with Gasteiger partial charge in [-0.15, -0.1) is 0 Å². The molecular formula is C30H29N5O4. The molecule has 0 atom stereocenters. The van der Waals surface area contributed by atoms with Crippen molar-refractivity contribution < 1.29 is 9.84 Å². The van der Waals surface area contributed by atoms with E-state index in [-0.39, 0.29) is 24.0 Å². The van der Waals surface area contributed by atoms with Gasteiger partial charge in [0.2, 0.25) is 5.75 Å². The Bertz CT molecular complexity index is 1650. The lowest BCUT2D eigenvalue weighted by Gasteiger charge is -2.26. The zero-order valence-electron chi connectivity index (χ0n) is 21.5. The summed E-state index contributed by atoms with van der Waals surface area (Å²) in [7, 11) is 0. The molecule has 2 fully saturated rings. The summed E-state index contributed by atoms with van der Waals surface area (Å²) in [6, 6.07) is 16.4. The molecule has 39 heavy (non-hydrogen) atoms. The van der Waals surface area contributed by atoms with Crippen molar-refractivity contribution >= 4 is 0 Å². The molecule has 1 aliphatic heterocycles. The molecule has 3 heterocycles. The first-order valence-corrected chi connectivity index (χ1v) is 13.1. The van der Waals surface area contributed by atoms with E-state index < -0.39 is 11.3 Å². The summed E-state index contributed by atoms with van der Waals surface area (Å²) < 4.78 is 8.71. The molecule has 1 saturated heterocycles. The van der Waals surface area contributed by atoms with Gasteiger partial charge in [-0.3, -0.25) is 18.8 Å². The van der Waals surface area contributed by atoms with Crippen molar-refractivity contribution in [2.75, 3.05) is 26.3 Å². The number of morpholine rings is 1. The van der Waals surface area contributed by atoms with Gasteiger partial charge in [0.25, 0.3) is 5.56 Å². The predicted molar refractivity (Wildman–Crippen MR) is 147 cm³/mol. The number of aromatic nitrogens is 4. The molecular weight excluding hydrogens is 494 g/mol. The molecule has 1 saturated carbocycles. The maximum atomic E-state index is 13.2. The number of aromatic hydroxyl groups is 1.